The van der Waals surface area contributed by atoms with E-state index in [1.807, 2.05) is 0 Å². The first kappa shape index (κ1) is 12.3. The molecule has 2 aromatic rings. The second kappa shape index (κ2) is 5.00. The van der Waals surface area contributed by atoms with Crippen molar-refractivity contribution < 1.29 is 9.53 Å². The Hall–Kier alpha value is -2.17. The molecule has 94 valence electrons. The van der Waals surface area contributed by atoms with Crippen LogP contribution >= 0.6 is 0 Å². The number of ether oxygens (including phenoxy) is 1. The maximum atomic E-state index is 11.2. The molecule has 0 N–H and O–H groups in total. The normalized spacial score (nSPS) is 10.4. The first-order chi connectivity index (χ1) is 8.58. The second-order valence-electron chi connectivity index (χ2n) is 4.29. The van der Waals surface area contributed by atoms with E-state index in [1.165, 1.54) is 18.2 Å². The van der Waals surface area contributed by atoms with Gasteiger partial charge >= 0.3 is 5.97 Å². The van der Waals surface area contributed by atoms with E-state index >= 15 is 0 Å². The van der Waals surface area contributed by atoms with Crippen molar-refractivity contribution in [3.8, 4) is 0 Å². The predicted octanol–water partition coefficient (Wildman–Crippen LogP) is 1.73. The molecule has 0 bridgehead atoms. The van der Waals surface area contributed by atoms with Crippen molar-refractivity contribution in [1.29, 1.82) is 0 Å². The Balaban J connectivity index is 2.18. The molecule has 2 rings (SSSR count). The highest BCUT2D eigenvalue weighted by molar-refractivity contribution is 5.86. The molecule has 1 aromatic carbocycles. The summed E-state index contributed by atoms with van der Waals surface area (Å²) in [6.07, 6.45) is 1.59. The monoisotopic (exact) mass is 245 g/mol. The fourth-order valence-electron chi connectivity index (χ4n) is 1.92. The van der Waals surface area contributed by atoms with Gasteiger partial charge in [0.25, 0.3) is 0 Å². The number of aromatic nitrogens is 3. The van der Waals surface area contributed by atoms with Gasteiger partial charge in [-0.2, -0.15) is 0 Å². The molecule has 0 saturated heterocycles. The molecule has 18 heavy (non-hydrogen) atoms. The van der Waals surface area contributed by atoms with Crippen LogP contribution in [-0.4, -0.2) is 28.1 Å². The average Bonchev–Trinajstić information content (AvgIpc) is 2.75. The van der Waals surface area contributed by atoms with E-state index in [9.17, 15) is 4.79 Å². The van der Waals surface area contributed by atoms with Gasteiger partial charge in [-0.3, -0.25) is 0 Å². The standard InChI is InChI=1S/C13H15N3O2/c1-9-4-10(2)6-11(5-9)7-16-8-12(14-15-16)13(17)18-3/h4-6,8H,7H2,1-3H3. The van der Waals surface area contributed by atoms with Gasteiger partial charge in [-0.15, -0.1) is 5.10 Å². The fraction of sp³-hybridized carbons (Fsp3) is 0.308. The van der Waals surface area contributed by atoms with E-state index < -0.39 is 5.97 Å². The van der Waals surface area contributed by atoms with E-state index in [4.69, 9.17) is 0 Å². The summed E-state index contributed by atoms with van der Waals surface area (Å²) in [6.45, 7) is 4.70. The molecule has 0 aliphatic heterocycles. The van der Waals surface area contributed by atoms with Gasteiger partial charge in [0, 0.05) is 0 Å². The van der Waals surface area contributed by atoms with E-state index in [0.29, 0.717) is 6.54 Å². The highest BCUT2D eigenvalue weighted by atomic mass is 16.5. The number of esters is 1. The van der Waals surface area contributed by atoms with Crippen LogP contribution < -0.4 is 0 Å². The SMILES string of the molecule is COC(=O)c1cn(Cc2cc(C)cc(C)c2)nn1. The molecule has 0 aliphatic rings. The summed E-state index contributed by atoms with van der Waals surface area (Å²) < 4.78 is 6.21. The van der Waals surface area contributed by atoms with Crippen LogP contribution in [0.25, 0.3) is 0 Å². The lowest BCUT2D eigenvalue weighted by molar-refractivity contribution is 0.0594. The molecule has 1 aromatic heterocycles. The lowest BCUT2D eigenvalue weighted by Gasteiger charge is -2.04. The van der Waals surface area contributed by atoms with Crippen LogP contribution in [0.3, 0.4) is 0 Å². The summed E-state index contributed by atoms with van der Waals surface area (Å²) in [5, 5.41) is 7.67. The van der Waals surface area contributed by atoms with Crippen molar-refractivity contribution >= 4 is 5.97 Å². The Morgan fingerprint density at radius 3 is 2.56 bits per heavy atom. The second-order valence-corrected chi connectivity index (χ2v) is 4.29. The van der Waals surface area contributed by atoms with Crippen LogP contribution in [0.5, 0.6) is 0 Å². The largest absolute Gasteiger partial charge is 0.464 e. The first-order valence-electron chi connectivity index (χ1n) is 5.64. The molecule has 0 radical (unpaired) electrons. The number of benzene rings is 1. The van der Waals surface area contributed by atoms with Gasteiger partial charge in [0.1, 0.15) is 0 Å². The summed E-state index contributed by atoms with van der Waals surface area (Å²) in [7, 11) is 1.32. The van der Waals surface area contributed by atoms with E-state index in [0.717, 1.165) is 5.56 Å². The van der Waals surface area contributed by atoms with Crippen LogP contribution in [0, 0.1) is 13.8 Å². The quantitative estimate of drug-likeness (QED) is 0.773. The number of carbonyl (C=O) groups excluding carboxylic acids is 1. The molecule has 0 fully saturated rings. The van der Waals surface area contributed by atoms with Crippen LogP contribution in [-0.2, 0) is 11.3 Å². The minimum absolute atomic E-state index is 0.224. The summed E-state index contributed by atoms with van der Waals surface area (Å²) in [6, 6.07) is 6.30. The Morgan fingerprint density at radius 2 is 1.94 bits per heavy atom. The topological polar surface area (TPSA) is 57.0 Å². The van der Waals surface area contributed by atoms with E-state index in [2.05, 4.69) is 47.1 Å². The molecule has 0 amide bonds. The number of rotatable bonds is 3. The molecule has 0 saturated carbocycles. The Kier molecular flexibility index (Phi) is 3.41. The first-order valence-corrected chi connectivity index (χ1v) is 5.64. The molecule has 0 spiro atoms. The molecular formula is C13H15N3O2. The van der Waals surface area contributed by atoms with Gasteiger partial charge in [0.05, 0.1) is 19.9 Å². The number of aryl methyl sites for hydroxylation is 2. The minimum atomic E-state index is -0.471. The molecule has 5 heteroatoms. The number of nitrogens with zero attached hydrogens (tertiary/aromatic N) is 3. The van der Waals surface area contributed by atoms with Crippen molar-refractivity contribution in [1.82, 2.24) is 15.0 Å². The highest BCUT2D eigenvalue weighted by Gasteiger charge is 2.10. The van der Waals surface area contributed by atoms with E-state index in [-0.39, 0.29) is 5.69 Å². The minimum Gasteiger partial charge on any atom is -0.464 e. The average molecular weight is 245 g/mol. The van der Waals surface area contributed by atoms with E-state index in [1.54, 1.807) is 10.9 Å². The summed E-state index contributed by atoms with van der Waals surface area (Å²) >= 11 is 0. The summed E-state index contributed by atoms with van der Waals surface area (Å²) in [5.41, 5.74) is 3.77. The molecule has 0 atom stereocenters. The smallest absolute Gasteiger partial charge is 0.360 e. The number of methoxy groups -OCH3 is 1. The molecule has 1 heterocycles. The van der Waals surface area contributed by atoms with Crippen LogP contribution in [0.4, 0.5) is 0 Å². The van der Waals surface area contributed by atoms with Crippen LogP contribution in [0.1, 0.15) is 27.2 Å². The van der Waals surface area contributed by atoms with Crippen LogP contribution in [0.2, 0.25) is 0 Å². The van der Waals surface area contributed by atoms with Gasteiger partial charge in [-0.25, -0.2) is 9.48 Å². The zero-order valence-electron chi connectivity index (χ0n) is 10.7. The van der Waals surface area contributed by atoms with Crippen molar-refractivity contribution in [3.05, 3.63) is 46.8 Å². The lowest BCUT2D eigenvalue weighted by atomic mass is 10.1. The molecule has 0 aliphatic carbocycles. The maximum Gasteiger partial charge on any atom is 0.360 e. The molecule has 0 unspecified atom stereocenters. The Morgan fingerprint density at radius 1 is 1.28 bits per heavy atom. The van der Waals surface area contributed by atoms with Crippen LogP contribution in [0.15, 0.2) is 24.4 Å². The predicted molar refractivity (Wildman–Crippen MR) is 66.4 cm³/mol. The van der Waals surface area contributed by atoms with Gasteiger partial charge in [-0.1, -0.05) is 34.5 Å². The highest BCUT2D eigenvalue weighted by Crippen LogP contribution is 2.10. The third-order valence-electron chi connectivity index (χ3n) is 2.56. The van der Waals surface area contributed by atoms with Crippen molar-refractivity contribution in [3.63, 3.8) is 0 Å². The Labute approximate surface area is 105 Å². The van der Waals surface area contributed by atoms with Crippen molar-refractivity contribution in [2.45, 2.75) is 20.4 Å². The molecule has 5 nitrogen and oxygen atoms in total. The summed E-state index contributed by atoms with van der Waals surface area (Å²) in [5.74, 6) is -0.471. The Bertz CT molecular complexity index is 555. The van der Waals surface area contributed by atoms with Gasteiger partial charge in [0.15, 0.2) is 5.69 Å². The third kappa shape index (κ3) is 2.74. The van der Waals surface area contributed by atoms with Gasteiger partial charge in [-0.05, 0) is 19.4 Å². The third-order valence-corrected chi connectivity index (χ3v) is 2.56. The number of hydrogen-bond acceptors (Lipinski definition) is 4. The summed E-state index contributed by atoms with van der Waals surface area (Å²) in [4.78, 5) is 11.2. The lowest BCUT2D eigenvalue weighted by Crippen LogP contribution is -2.02. The maximum absolute atomic E-state index is 11.2. The van der Waals surface area contributed by atoms with Crippen molar-refractivity contribution in [2.75, 3.05) is 7.11 Å². The fourth-order valence-corrected chi connectivity index (χ4v) is 1.92. The number of carbonyl (C=O) groups is 1. The zero-order valence-corrected chi connectivity index (χ0v) is 10.7. The van der Waals surface area contributed by atoms with Gasteiger partial charge < -0.3 is 4.74 Å². The number of hydrogen-bond donors (Lipinski definition) is 0. The van der Waals surface area contributed by atoms with Gasteiger partial charge in [0.2, 0.25) is 0 Å². The zero-order chi connectivity index (χ0) is 13.1. The molecular weight excluding hydrogens is 230 g/mol. The van der Waals surface area contributed by atoms with Crippen molar-refractivity contribution in [2.24, 2.45) is 0 Å².